The van der Waals surface area contributed by atoms with E-state index in [4.69, 9.17) is 5.73 Å². The maximum atomic E-state index is 12.2. The van der Waals surface area contributed by atoms with Gasteiger partial charge in [0.25, 0.3) is 5.56 Å². The molecule has 0 saturated heterocycles. The van der Waals surface area contributed by atoms with Crippen molar-refractivity contribution in [3.05, 3.63) is 22.7 Å². The van der Waals surface area contributed by atoms with Gasteiger partial charge in [0.05, 0.1) is 0 Å². The lowest BCUT2D eigenvalue weighted by Gasteiger charge is -2.22. The number of anilines is 1. The van der Waals surface area contributed by atoms with Crippen LogP contribution in [-0.4, -0.2) is 22.6 Å². The summed E-state index contributed by atoms with van der Waals surface area (Å²) < 4.78 is 1.71. The van der Waals surface area contributed by atoms with Crippen LogP contribution < -0.4 is 16.6 Å². The van der Waals surface area contributed by atoms with Crippen molar-refractivity contribution in [3.8, 4) is 0 Å². The fourth-order valence-corrected chi connectivity index (χ4v) is 1.89. The fourth-order valence-electron chi connectivity index (χ4n) is 1.89. The van der Waals surface area contributed by atoms with Crippen LogP contribution in [0.5, 0.6) is 0 Å². The molecule has 108 valence electrons. The molecule has 1 aromatic heterocycles. The van der Waals surface area contributed by atoms with Gasteiger partial charge in [0.2, 0.25) is 0 Å². The third-order valence-electron chi connectivity index (χ3n) is 2.99. The smallest absolute Gasteiger partial charge is 0.293 e. The number of unbranched alkanes of at least 4 members (excludes halogenated alkanes) is 3. The van der Waals surface area contributed by atoms with Crippen molar-refractivity contribution in [2.24, 2.45) is 5.73 Å². The molecule has 19 heavy (non-hydrogen) atoms. The third-order valence-corrected chi connectivity index (χ3v) is 2.99. The highest BCUT2D eigenvalue weighted by Gasteiger charge is 2.16. The summed E-state index contributed by atoms with van der Waals surface area (Å²) in [4.78, 5) is 16.3. The van der Waals surface area contributed by atoms with Crippen LogP contribution in [0.4, 0.5) is 5.82 Å². The summed E-state index contributed by atoms with van der Waals surface area (Å²) in [5.74, 6) is 0.441. The van der Waals surface area contributed by atoms with Crippen molar-refractivity contribution in [1.82, 2.24) is 9.55 Å². The summed E-state index contributed by atoms with van der Waals surface area (Å²) in [6.07, 6.45) is 7.78. The minimum Gasteiger partial charge on any atom is -0.365 e. The first-order valence-electron chi connectivity index (χ1n) is 6.99. The molecule has 5 heteroatoms. The molecule has 5 nitrogen and oxygen atoms in total. The largest absolute Gasteiger partial charge is 0.365 e. The molecular weight excluding hydrogens is 240 g/mol. The predicted molar refractivity (Wildman–Crippen MR) is 79.5 cm³/mol. The van der Waals surface area contributed by atoms with Gasteiger partial charge >= 0.3 is 0 Å². The normalized spacial score (nSPS) is 11.6. The van der Waals surface area contributed by atoms with Crippen molar-refractivity contribution in [3.63, 3.8) is 0 Å². The molecule has 0 aromatic carbocycles. The Balaban J connectivity index is 2.53. The second-order valence-corrected chi connectivity index (χ2v) is 5.75. The highest BCUT2D eigenvalue weighted by atomic mass is 16.1. The number of hydrogen-bond donors (Lipinski definition) is 2. The number of nitrogens with zero attached hydrogens (tertiary/aromatic N) is 2. The maximum absolute atomic E-state index is 12.2. The molecule has 0 saturated carbocycles. The van der Waals surface area contributed by atoms with E-state index in [0.29, 0.717) is 5.82 Å². The Bertz CT molecular complexity index is 434. The lowest BCUT2D eigenvalue weighted by Crippen LogP contribution is -2.35. The number of hydrogen-bond acceptors (Lipinski definition) is 4. The van der Waals surface area contributed by atoms with Gasteiger partial charge in [-0.2, -0.15) is 0 Å². The lowest BCUT2D eigenvalue weighted by atomic mass is 10.1. The van der Waals surface area contributed by atoms with E-state index in [1.54, 1.807) is 17.0 Å². The highest BCUT2D eigenvalue weighted by Crippen LogP contribution is 2.10. The summed E-state index contributed by atoms with van der Waals surface area (Å²) in [5.41, 5.74) is 5.16. The minimum absolute atomic E-state index is 0.0584. The summed E-state index contributed by atoms with van der Waals surface area (Å²) >= 11 is 0. The molecule has 1 heterocycles. The molecule has 0 aliphatic rings. The molecule has 1 aromatic rings. The number of nitrogens with two attached hydrogens (primary N) is 1. The number of aromatic nitrogens is 2. The Hall–Kier alpha value is -1.36. The topological polar surface area (TPSA) is 72.9 Å². The summed E-state index contributed by atoms with van der Waals surface area (Å²) in [5, 5.41) is 3.13. The van der Waals surface area contributed by atoms with E-state index in [-0.39, 0.29) is 11.1 Å². The molecule has 0 bridgehead atoms. The van der Waals surface area contributed by atoms with Gasteiger partial charge in [-0.3, -0.25) is 4.79 Å². The zero-order chi connectivity index (χ0) is 14.3. The van der Waals surface area contributed by atoms with E-state index in [9.17, 15) is 4.79 Å². The van der Waals surface area contributed by atoms with Crippen molar-refractivity contribution in [1.29, 1.82) is 0 Å². The lowest BCUT2D eigenvalue weighted by molar-refractivity contribution is 0.383. The molecule has 1 rings (SSSR count). The van der Waals surface area contributed by atoms with Crippen molar-refractivity contribution in [2.45, 2.75) is 52.0 Å². The standard InChI is InChI=1S/C14H26N4O/c1-14(2,3)18-11-10-17-12(13(18)19)16-9-7-5-4-6-8-15/h10-11H,4-9,15H2,1-3H3,(H,16,17). The predicted octanol–water partition coefficient (Wildman–Crippen LogP) is 1.93. The van der Waals surface area contributed by atoms with E-state index in [1.165, 1.54) is 0 Å². The second-order valence-electron chi connectivity index (χ2n) is 5.75. The van der Waals surface area contributed by atoms with Crippen molar-refractivity contribution >= 4 is 5.82 Å². The average Bonchev–Trinajstić information content (AvgIpc) is 2.34. The molecule has 0 aliphatic heterocycles. The summed E-state index contributed by atoms with van der Waals surface area (Å²) in [7, 11) is 0. The van der Waals surface area contributed by atoms with Crippen LogP contribution in [-0.2, 0) is 5.54 Å². The first kappa shape index (κ1) is 15.7. The minimum atomic E-state index is -0.225. The van der Waals surface area contributed by atoms with Gasteiger partial charge in [-0.05, 0) is 40.2 Å². The SMILES string of the molecule is CC(C)(C)n1ccnc(NCCCCCCN)c1=O. The highest BCUT2D eigenvalue weighted by molar-refractivity contribution is 5.30. The maximum Gasteiger partial charge on any atom is 0.293 e. The third kappa shape index (κ3) is 5.03. The van der Waals surface area contributed by atoms with Gasteiger partial charge in [-0.25, -0.2) is 4.98 Å². The summed E-state index contributed by atoms with van der Waals surface area (Å²) in [6, 6.07) is 0. The van der Waals surface area contributed by atoms with Gasteiger partial charge in [-0.15, -0.1) is 0 Å². The van der Waals surface area contributed by atoms with Crippen molar-refractivity contribution in [2.75, 3.05) is 18.4 Å². The monoisotopic (exact) mass is 266 g/mol. The molecule has 0 unspecified atom stereocenters. The van der Waals surface area contributed by atoms with Gasteiger partial charge in [0.1, 0.15) is 0 Å². The van der Waals surface area contributed by atoms with Crippen LogP contribution in [0.2, 0.25) is 0 Å². The van der Waals surface area contributed by atoms with E-state index in [0.717, 1.165) is 38.8 Å². The Kier molecular flexibility index (Phi) is 6.02. The van der Waals surface area contributed by atoms with Gasteiger partial charge < -0.3 is 15.6 Å². The first-order valence-corrected chi connectivity index (χ1v) is 6.99. The Morgan fingerprint density at radius 3 is 2.58 bits per heavy atom. The zero-order valence-electron chi connectivity index (χ0n) is 12.3. The Morgan fingerprint density at radius 1 is 1.26 bits per heavy atom. The van der Waals surface area contributed by atoms with E-state index in [1.807, 2.05) is 20.8 Å². The number of nitrogens with one attached hydrogen (secondary N) is 1. The Morgan fingerprint density at radius 2 is 1.95 bits per heavy atom. The van der Waals surface area contributed by atoms with Crippen LogP contribution in [0, 0.1) is 0 Å². The molecule has 0 amide bonds. The van der Waals surface area contributed by atoms with Crippen LogP contribution in [0.3, 0.4) is 0 Å². The fraction of sp³-hybridized carbons (Fsp3) is 0.714. The number of rotatable bonds is 7. The quantitative estimate of drug-likeness (QED) is 0.740. The van der Waals surface area contributed by atoms with Crippen molar-refractivity contribution < 1.29 is 0 Å². The van der Waals surface area contributed by atoms with E-state index in [2.05, 4.69) is 10.3 Å². The van der Waals surface area contributed by atoms with Crippen LogP contribution >= 0.6 is 0 Å². The molecular formula is C14H26N4O. The first-order chi connectivity index (χ1) is 8.96. The van der Waals surface area contributed by atoms with E-state index >= 15 is 0 Å². The molecule has 0 aliphatic carbocycles. The van der Waals surface area contributed by atoms with Gasteiger partial charge in [0, 0.05) is 24.5 Å². The Labute approximate surface area is 115 Å². The van der Waals surface area contributed by atoms with Gasteiger partial charge in [-0.1, -0.05) is 12.8 Å². The molecule has 3 N–H and O–H groups in total. The van der Waals surface area contributed by atoms with Gasteiger partial charge in [0.15, 0.2) is 5.82 Å². The van der Waals surface area contributed by atoms with E-state index < -0.39 is 0 Å². The van der Waals surface area contributed by atoms with Crippen LogP contribution in [0.15, 0.2) is 17.2 Å². The zero-order valence-corrected chi connectivity index (χ0v) is 12.3. The van der Waals surface area contributed by atoms with Crippen LogP contribution in [0.25, 0.3) is 0 Å². The van der Waals surface area contributed by atoms with Crippen LogP contribution in [0.1, 0.15) is 46.5 Å². The molecule has 0 fully saturated rings. The average molecular weight is 266 g/mol. The summed E-state index contributed by atoms with van der Waals surface area (Å²) in [6.45, 7) is 7.55. The second kappa shape index (κ2) is 7.28. The molecule has 0 radical (unpaired) electrons. The molecule has 0 spiro atoms. The molecule has 0 atom stereocenters.